The summed E-state index contributed by atoms with van der Waals surface area (Å²) < 4.78 is 99.0. The van der Waals surface area contributed by atoms with Crippen LogP contribution in [-0.2, 0) is 19.9 Å². The molecule has 1 unspecified atom stereocenters. The van der Waals surface area contributed by atoms with Crippen LogP contribution < -0.4 is 14.9 Å². The van der Waals surface area contributed by atoms with Gasteiger partial charge in [-0.15, -0.1) is 11.8 Å². The molecule has 410 valence electrons. The monoisotopic (exact) mass is 1130 g/mol. The molecule has 0 spiro atoms. The number of rotatable bonds is 20. The first kappa shape index (κ1) is 58.3. The Hall–Kier alpha value is -5.35. The number of hydrogen-bond acceptors (Lipinski definition) is 12. The second-order valence-corrected chi connectivity index (χ2v) is 25.6. The van der Waals surface area contributed by atoms with E-state index in [1.54, 1.807) is 12.1 Å². The largest absolute Gasteiger partial charge is 0.501 e. The number of hydrogen-bond donors (Lipinski definition) is 4. The Kier molecular flexibility index (Phi) is 19.2. The molecule has 0 aromatic heterocycles. The Morgan fingerprint density at radius 1 is 0.842 bits per heavy atom. The number of nitrogens with one attached hydrogen (secondary N) is 2. The van der Waals surface area contributed by atoms with Gasteiger partial charge >= 0.3 is 11.6 Å². The summed E-state index contributed by atoms with van der Waals surface area (Å²) in [6, 6.07) is 32.4. The van der Waals surface area contributed by atoms with Gasteiger partial charge in [-0.05, 0) is 147 Å². The molecule has 4 N–H and O–H groups in total. The van der Waals surface area contributed by atoms with Crippen LogP contribution in [0.15, 0.2) is 136 Å². The molecule has 0 saturated carbocycles. The van der Waals surface area contributed by atoms with E-state index >= 15 is 0 Å². The molecule has 5 aromatic rings. The van der Waals surface area contributed by atoms with Gasteiger partial charge in [0.2, 0.25) is 0 Å². The van der Waals surface area contributed by atoms with E-state index in [0.717, 1.165) is 52.4 Å². The number of aliphatic hydroxyl groups is 1. The Morgan fingerprint density at radius 3 is 2.14 bits per heavy atom. The van der Waals surface area contributed by atoms with E-state index in [9.17, 15) is 49.8 Å². The van der Waals surface area contributed by atoms with Crippen molar-refractivity contribution in [3.05, 3.63) is 137 Å². The summed E-state index contributed by atoms with van der Waals surface area (Å²) >= 11 is 7.53. The van der Waals surface area contributed by atoms with Crippen LogP contribution in [0.4, 0.5) is 29.3 Å². The maximum Gasteiger partial charge on any atom is 0.501 e. The molecule has 5 aromatic carbocycles. The first-order valence-electron chi connectivity index (χ1n) is 25.2. The number of nitrogens with zero attached hydrogens (tertiary/aromatic N) is 4. The van der Waals surface area contributed by atoms with E-state index in [-0.39, 0.29) is 22.9 Å². The third-order valence-electron chi connectivity index (χ3n) is 14.2. The van der Waals surface area contributed by atoms with Crippen molar-refractivity contribution in [1.82, 2.24) is 19.4 Å². The first-order valence-corrected chi connectivity index (χ1v) is 29.5. The normalized spacial score (nSPS) is 17.1. The predicted octanol–water partition coefficient (Wildman–Crippen LogP) is 10.4. The number of amides is 2. The van der Waals surface area contributed by atoms with Crippen molar-refractivity contribution in [2.24, 2.45) is 11.3 Å². The summed E-state index contributed by atoms with van der Waals surface area (Å²) in [6.07, 6.45) is 0.796. The number of carbonyl (C=O) groups is 2. The van der Waals surface area contributed by atoms with Gasteiger partial charge < -0.3 is 30.2 Å². The van der Waals surface area contributed by atoms with Crippen LogP contribution in [0, 0.1) is 11.3 Å². The number of carbonyl (C=O) groups excluding carboxylic acids is 1. The summed E-state index contributed by atoms with van der Waals surface area (Å²) in [7, 11) is -9.14. The molecular formula is C55H66ClF3N6O8S3. The van der Waals surface area contributed by atoms with Crippen molar-refractivity contribution in [1.29, 1.82) is 0 Å². The Labute approximate surface area is 453 Å². The van der Waals surface area contributed by atoms with Crippen molar-refractivity contribution in [3.63, 3.8) is 0 Å². The number of halogens is 4. The number of benzene rings is 5. The topological polar surface area (TPSA) is 180 Å². The zero-order chi connectivity index (χ0) is 55.0. The van der Waals surface area contributed by atoms with Crippen LogP contribution in [0.5, 0.6) is 0 Å². The van der Waals surface area contributed by atoms with Gasteiger partial charge in [0, 0.05) is 71.7 Å². The zero-order valence-corrected chi connectivity index (χ0v) is 46.1. The number of piperidine rings is 1. The first-order chi connectivity index (χ1) is 35.9. The smallest absolute Gasteiger partial charge is 0.465 e. The van der Waals surface area contributed by atoms with Gasteiger partial charge in [0.1, 0.15) is 4.90 Å². The number of piperazine rings is 1. The van der Waals surface area contributed by atoms with E-state index in [0.29, 0.717) is 81.9 Å². The third kappa shape index (κ3) is 14.8. The van der Waals surface area contributed by atoms with Crippen molar-refractivity contribution in [2.45, 2.75) is 84.8 Å². The predicted molar refractivity (Wildman–Crippen MR) is 293 cm³/mol. The molecule has 2 heterocycles. The lowest BCUT2D eigenvalue weighted by molar-refractivity contribution is -0.0436. The van der Waals surface area contributed by atoms with Crippen molar-refractivity contribution in [2.75, 3.05) is 75.4 Å². The van der Waals surface area contributed by atoms with E-state index in [4.69, 9.17) is 11.6 Å². The molecule has 7 rings (SSSR count). The number of alkyl halides is 3. The highest BCUT2D eigenvalue weighted by Gasteiger charge is 2.48. The molecule has 14 nitrogen and oxygen atoms in total. The zero-order valence-electron chi connectivity index (χ0n) is 42.9. The Balaban J connectivity index is 1.00. The molecule has 0 bridgehead atoms. The molecular weight excluding hydrogens is 1060 g/mol. The minimum atomic E-state index is -6.13. The minimum absolute atomic E-state index is 0.0185. The molecule has 2 aliphatic rings. The van der Waals surface area contributed by atoms with Crippen LogP contribution >= 0.6 is 23.4 Å². The third-order valence-corrected chi connectivity index (χ3v) is 18.4. The fourth-order valence-electron chi connectivity index (χ4n) is 9.82. The van der Waals surface area contributed by atoms with Crippen LogP contribution in [0.1, 0.15) is 68.5 Å². The molecule has 76 heavy (non-hydrogen) atoms. The van der Waals surface area contributed by atoms with E-state index < -0.39 is 65.0 Å². The second-order valence-electron chi connectivity index (χ2n) is 20.5. The van der Waals surface area contributed by atoms with Crippen molar-refractivity contribution in [3.8, 4) is 11.1 Å². The van der Waals surface area contributed by atoms with E-state index in [1.807, 2.05) is 90.6 Å². The highest BCUT2D eigenvalue weighted by atomic mass is 35.5. The number of thioether (sulfide) groups is 1. The Bertz CT molecular complexity index is 3000. The van der Waals surface area contributed by atoms with Crippen LogP contribution in [-0.4, -0.2) is 136 Å². The second kappa shape index (κ2) is 25.0. The highest BCUT2D eigenvalue weighted by Crippen LogP contribution is 2.39. The SMILES string of the molecule is CN(CCCN1CCN(C(=O)O)CC1C(C)(C)C)CC[C@H](CSc1ccccc1)Nc1ccc(S(=O)(=O)NC(=O)c2ccc(N3CCC([C@H](O)c4ccccc4-c4ccc(Cl)cc4)CC3)cc2)cc1S(=O)(=O)C(F)(F)F. The van der Waals surface area contributed by atoms with Crippen LogP contribution in [0.2, 0.25) is 5.02 Å². The van der Waals surface area contributed by atoms with Gasteiger partial charge in [-0.1, -0.05) is 87.0 Å². The lowest BCUT2D eigenvalue weighted by Crippen LogP contribution is -2.59. The summed E-state index contributed by atoms with van der Waals surface area (Å²) in [5, 5.41) is 24.8. The fraction of sp³-hybridized carbons (Fsp3) is 0.418. The molecule has 0 aliphatic carbocycles. The molecule has 21 heteroatoms. The standard InChI is InChI=1S/C55H66ClF3N6O8S3/c1-54(2,3)50-36-65(53(68)69)34-33-64(50)29-10-28-62(4)30-27-42(37-74-44-11-6-5-7-12-44)60-48-24-23-45(35-49(48)75(70,71)55(57,58)59)76(72,73)61-52(67)40-17-21-43(22-18-40)63-31-25-39(26-32-63)51(66)47-14-9-8-13-46(47)38-15-19-41(56)20-16-38/h5-9,11-24,35,39,42,50-51,60,66H,10,25-34,36-37H2,1-4H3,(H,61,67)(H,68,69)/t42-,50?,51+/m1/s1. The molecule has 2 fully saturated rings. The fourth-order valence-corrected chi connectivity index (χ4v) is 13.0. The minimum Gasteiger partial charge on any atom is -0.465 e. The maximum absolute atomic E-state index is 14.4. The number of sulfone groups is 1. The van der Waals surface area contributed by atoms with Crippen molar-refractivity contribution >= 4 is 66.6 Å². The van der Waals surface area contributed by atoms with Crippen LogP contribution in [0.3, 0.4) is 0 Å². The summed E-state index contributed by atoms with van der Waals surface area (Å²) in [4.78, 5) is 31.8. The van der Waals surface area contributed by atoms with Gasteiger partial charge in [-0.2, -0.15) is 13.2 Å². The lowest BCUT2D eigenvalue weighted by Gasteiger charge is -2.46. The van der Waals surface area contributed by atoms with Gasteiger partial charge in [-0.25, -0.2) is 26.4 Å². The molecule has 2 amide bonds. The number of carboxylic acid groups (broad SMARTS) is 1. The van der Waals surface area contributed by atoms with Crippen LogP contribution in [0.25, 0.3) is 11.1 Å². The summed E-state index contributed by atoms with van der Waals surface area (Å²) in [5.74, 6) is -0.802. The molecule has 3 atom stereocenters. The quantitative estimate of drug-likeness (QED) is 0.0542. The number of sulfonamides is 1. The molecule has 2 saturated heterocycles. The molecule has 0 radical (unpaired) electrons. The van der Waals surface area contributed by atoms with Gasteiger partial charge in [0.05, 0.1) is 16.7 Å². The van der Waals surface area contributed by atoms with E-state index in [1.165, 1.54) is 28.8 Å². The number of aliphatic hydroxyl groups excluding tert-OH is 1. The average molecular weight is 1130 g/mol. The van der Waals surface area contributed by atoms with Crippen molar-refractivity contribution < 1.29 is 49.8 Å². The Morgan fingerprint density at radius 2 is 1.50 bits per heavy atom. The number of anilines is 2. The van der Waals surface area contributed by atoms with Gasteiger partial charge in [0.25, 0.3) is 25.8 Å². The molecule has 2 aliphatic heterocycles. The maximum atomic E-state index is 14.4. The average Bonchev–Trinajstić information content (AvgIpc) is 3.39. The summed E-state index contributed by atoms with van der Waals surface area (Å²) in [5.41, 5.74) is -3.03. The lowest BCUT2D eigenvalue weighted by atomic mass is 9.84. The summed E-state index contributed by atoms with van der Waals surface area (Å²) in [6.45, 7) is 10.7. The van der Waals surface area contributed by atoms with Gasteiger partial charge in [0.15, 0.2) is 0 Å². The highest BCUT2D eigenvalue weighted by molar-refractivity contribution is 7.99. The van der Waals surface area contributed by atoms with Gasteiger partial charge in [-0.3, -0.25) is 9.69 Å². The van der Waals surface area contributed by atoms with E-state index in [2.05, 4.69) is 40.8 Å².